The van der Waals surface area contributed by atoms with Crippen LogP contribution in [-0.2, 0) is 44.6 Å². The van der Waals surface area contributed by atoms with E-state index in [1.165, 1.54) is 106 Å². The Labute approximate surface area is 828 Å². The van der Waals surface area contributed by atoms with E-state index in [0.29, 0.717) is 88.7 Å². The highest BCUT2D eigenvalue weighted by molar-refractivity contribution is 6.32. The predicted octanol–water partition coefficient (Wildman–Crippen LogP) is 23.4. The number of nitrogens with zero attached hydrogens (tertiary/aromatic N) is 8. The number of benzene rings is 8. The smallest absolute Gasteiger partial charge is 0.415 e. The molecule has 0 saturated carbocycles. The molecule has 8 aromatic carbocycles. The summed E-state index contributed by atoms with van der Waals surface area (Å²) < 4.78 is 45.9. The molecule has 4 N–H and O–H groups in total. The first kappa shape index (κ1) is 98.0. The van der Waals surface area contributed by atoms with Crippen LogP contribution in [0.25, 0.3) is 43.6 Å². The van der Waals surface area contributed by atoms with Gasteiger partial charge in [0.15, 0.2) is 0 Å². The van der Waals surface area contributed by atoms with E-state index in [-0.39, 0.29) is 43.0 Å². The number of carbonyl (C=O) groups is 4. The standard InChI is InChI=1S/2C28H32ClN3O3.C27H32ClN3O3.C27H30ClN3O3/c1-18(2)35-28(33)32-14-12-23-24-15-21(29)8-11-25(24)30-26(23)27(32)20-6-9-22(10-7-20)34-17-19-5-4-13-31(3)16-19;1-3-15-34-28(33)32-14-12-23-24-16-21(29)8-11-25(24)30-26(23)27(32)20-6-9-22(10-7-20)35-18-19-5-4-13-31(2)17-19;2*1-3-33-27(32)31-14-12-22-23-15-20(28)8-11-24(23)29-25(22)26(31)19-6-9-21(10-7-19)34-17-18-5-4-13-30(2)16-18/h6-11,15,19,27,30H,1,4-5,12-14,16-17H2,2-3H3;3,6-11,16,19,27,30H,1,4-5,12-15,17-18H2,2H3;6-11,15,18,26,29H,3-5,12-14,16-17H2,1-2H3;3,6-11,15,18,26,29H,1,4-5,12-14,16-17H2,2H3. The van der Waals surface area contributed by atoms with E-state index in [1.54, 1.807) is 27.7 Å². The number of H-pyrrole nitrogens is 4. The van der Waals surface area contributed by atoms with Gasteiger partial charge in [0.05, 0.1) is 45.1 Å². The highest BCUT2D eigenvalue weighted by atomic mass is 35.5. The number of halogens is 4. The molecule has 0 spiro atoms. The second-order valence-electron chi connectivity index (χ2n) is 38.0. The molecule has 12 aromatic rings. The summed E-state index contributed by atoms with van der Waals surface area (Å²) in [6, 6.07) is 54.7. The lowest BCUT2D eigenvalue weighted by molar-refractivity contribution is 0.0930. The van der Waals surface area contributed by atoms with Crippen molar-refractivity contribution < 1.29 is 57.1 Å². The Bertz CT molecular complexity index is 6300. The molecule has 4 aromatic heterocycles. The van der Waals surface area contributed by atoms with Crippen LogP contribution in [0.4, 0.5) is 19.2 Å². The van der Waals surface area contributed by atoms with Gasteiger partial charge in [-0.05, 0) is 311 Å². The molecule has 0 radical (unpaired) electrons. The highest BCUT2D eigenvalue weighted by Crippen LogP contribution is 2.46. The first-order valence-corrected chi connectivity index (χ1v) is 50.0. The molecule has 8 atom stereocenters. The molecule has 8 aliphatic rings. The van der Waals surface area contributed by atoms with Crippen LogP contribution < -0.4 is 18.9 Å². The normalized spacial score (nSPS) is 20.6. The van der Waals surface area contributed by atoms with Crippen molar-refractivity contribution in [2.45, 2.75) is 115 Å². The number of hydrogen-bond acceptors (Lipinski definition) is 16. The van der Waals surface area contributed by atoms with Gasteiger partial charge in [-0.2, -0.15) is 0 Å². The lowest BCUT2D eigenvalue weighted by Crippen LogP contribution is -2.41. The average Bonchev–Trinajstić information content (AvgIpc) is 1.60. The quantitative estimate of drug-likeness (QED) is 0.0298. The molecule has 4 fully saturated rings. The summed E-state index contributed by atoms with van der Waals surface area (Å²) in [6.07, 6.45) is 14.0. The van der Waals surface area contributed by atoms with E-state index in [2.05, 4.69) is 99.6 Å². The minimum atomic E-state index is -0.413. The zero-order valence-corrected chi connectivity index (χ0v) is 82.8. The molecule has 4 amide bonds. The maximum absolute atomic E-state index is 13.0. The minimum Gasteiger partial charge on any atom is -0.493 e. The molecule has 28 heteroatoms. The van der Waals surface area contributed by atoms with Gasteiger partial charge in [-0.1, -0.05) is 121 Å². The molecular weight excluding hydrogens is 1820 g/mol. The maximum Gasteiger partial charge on any atom is 0.415 e. The fourth-order valence-electron chi connectivity index (χ4n) is 21.5. The van der Waals surface area contributed by atoms with E-state index in [9.17, 15) is 19.2 Å². The lowest BCUT2D eigenvalue weighted by Gasteiger charge is -2.35. The Balaban J connectivity index is 0.000000127. The van der Waals surface area contributed by atoms with Crippen molar-refractivity contribution in [3.63, 3.8) is 0 Å². The third kappa shape index (κ3) is 23.1. The second kappa shape index (κ2) is 45.1. The average molecular weight is 1950 g/mol. The van der Waals surface area contributed by atoms with Gasteiger partial charge in [0, 0.05) is 163 Å². The van der Waals surface area contributed by atoms with Gasteiger partial charge in [0.2, 0.25) is 0 Å². The summed E-state index contributed by atoms with van der Waals surface area (Å²) in [7, 11) is 8.68. The summed E-state index contributed by atoms with van der Waals surface area (Å²) in [5.41, 5.74) is 16.9. The fraction of sp³-hybridized carbons (Fsp3) is 0.400. The van der Waals surface area contributed by atoms with Crippen molar-refractivity contribution in [3.8, 4) is 23.0 Å². The van der Waals surface area contributed by atoms with Gasteiger partial charge in [-0.15, -0.1) is 0 Å². The molecule has 24 nitrogen and oxygen atoms in total. The summed E-state index contributed by atoms with van der Waals surface area (Å²) in [6.45, 7) is 29.1. The number of amides is 4. The third-order valence-electron chi connectivity index (χ3n) is 27.9. The van der Waals surface area contributed by atoms with Gasteiger partial charge >= 0.3 is 24.4 Å². The predicted molar refractivity (Wildman–Crippen MR) is 547 cm³/mol. The number of piperidine rings is 4. The summed E-state index contributed by atoms with van der Waals surface area (Å²) in [4.78, 5) is 82.5. The Morgan fingerprint density at radius 3 is 0.891 bits per heavy atom. The Kier molecular flexibility index (Phi) is 32.1. The van der Waals surface area contributed by atoms with E-state index >= 15 is 0 Å². The van der Waals surface area contributed by atoms with Crippen LogP contribution in [0.2, 0.25) is 20.1 Å². The number of aromatic amines is 4. The van der Waals surface area contributed by atoms with Crippen LogP contribution in [0.1, 0.15) is 157 Å². The molecule has 138 heavy (non-hydrogen) atoms. The van der Waals surface area contributed by atoms with Crippen molar-refractivity contribution in [2.24, 2.45) is 23.7 Å². The second-order valence-corrected chi connectivity index (χ2v) is 39.7. The molecule has 0 aliphatic carbocycles. The molecular formula is C110H126Cl4N12O12. The van der Waals surface area contributed by atoms with Gasteiger partial charge in [-0.3, -0.25) is 19.6 Å². The van der Waals surface area contributed by atoms with Crippen LogP contribution in [-0.4, -0.2) is 230 Å². The van der Waals surface area contributed by atoms with Crippen molar-refractivity contribution >= 4 is 114 Å². The number of hydrogen-bond donors (Lipinski definition) is 4. The fourth-order valence-corrected chi connectivity index (χ4v) is 22.1. The van der Waals surface area contributed by atoms with Crippen molar-refractivity contribution in [1.29, 1.82) is 0 Å². The van der Waals surface area contributed by atoms with Crippen molar-refractivity contribution in [3.05, 3.63) is 295 Å². The highest BCUT2D eigenvalue weighted by Gasteiger charge is 2.41. The van der Waals surface area contributed by atoms with Gasteiger partial charge < -0.3 is 77.4 Å². The summed E-state index contributed by atoms with van der Waals surface area (Å²) in [5.74, 6) is 6.01. The number of likely N-dealkylation sites (tertiary alicyclic amines) is 4. The third-order valence-corrected chi connectivity index (χ3v) is 28.9. The summed E-state index contributed by atoms with van der Waals surface area (Å²) >= 11 is 25.2. The minimum absolute atomic E-state index is 0.181. The number of nitrogens with one attached hydrogen (secondary N) is 4. The molecule has 12 heterocycles. The van der Waals surface area contributed by atoms with Crippen LogP contribution in [0.3, 0.4) is 0 Å². The number of carbonyl (C=O) groups excluding carboxylic acids is 4. The maximum atomic E-state index is 13.0. The van der Waals surface area contributed by atoms with Gasteiger partial charge in [-0.25, -0.2) is 19.2 Å². The largest absolute Gasteiger partial charge is 0.493 e. The molecule has 726 valence electrons. The Hall–Kier alpha value is -11.6. The van der Waals surface area contributed by atoms with E-state index in [1.807, 2.05) is 170 Å². The number of allylic oxidation sites excluding steroid dienone is 1. The molecule has 8 aliphatic heterocycles. The monoisotopic (exact) mass is 1950 g/mol. The Morgan fingerprint density at radius 2 is 0.638 bits per heavy atom. The van der Waals surface area contributed by atoms with Crippen LogP contribution in [0.5, 0.6) is 23.0 Å². The number of fused-ring (bicyclic) bond motifs is 12. The SMILES string of the molecule is C=C(C)OC(=O)N1CCc2c([nH]c3ccc(Cl)cc23)C1c1ccc(OCC2CCCN(C)C2)cc1.C=CCOC(=O)N1CCc2c([nH]c3ccc(Cl)cc23)C1c1ccc(OCC2CCCN(C)C2)cc1.C=COC(=O)N1CCc2c([nH]c3ccc(Cl)cc23)C1c1ccc(OCC2CCCN(C)C2)cc1.CCOC(=O)N1CCc2c([nH]c3ccc(Cl)cc23)C1c1ccc(OCC2CCCN(C)C2)cc1. The van der Waals surface area contributed by atoms with Gasteiger partial charge in [0.25, 0.3) is 0 Å². The topological polar surface area (TPSA) is 231 Å². The zero-order valence-electron chi connectivity index (χ0n) is 79.8. The number of aromatic nitrogens is 4. The molecule has 8 unspecified atom stereocenters. The molecule has 20 rings (SSSR count). The van der Waals surface area contributed by atoms with E-state index in [4.69, 9.17) is 84.3 Å². The van der Waals surface area contributed by atoms with E-state index < -0.39 is 12.2 Å². The molecule has 0 bridgehead atoms. The summed E-state index contributed by atoms with van der Waals surface area (Å²) in [5, 5.41) is 7.24. The first-order valence-electron chi connectivity index (χ1n) is 48.5. The van der Waals surface area contributed by atoms with Crippen molar-refractivity contribution in [1.82, 2.24) is 59.1 Å². The Morgan fingerprint density at radius 1 is 0.370 bits per heavy atom. The van der Waals surface area contributed by atoms with Crippen LogP contribution >= 0.6 is 46.4 Å². The zero-order chi connectivity index (χ0) is 96.2. The molecule has 4 saturated heterocycles. The van der Waals surface area contributed by atoms with E-state index in [0.717, 1.165) is 184 Å². The van der Waals surface area contributed by atoms with Gasteiger partial charge in [0.1, 0.15) is 53.8 Å². The number of rotatable bonds is 21. The first-order chi connectivity index (χ1) is 67.0. The lowest BCUT2D eigenvalue weighted by atomic mass is 9.92. The van der Waals surface area contributed by atoms with Crippen LogP contribution in [0, 0.1) is 23.7 Å². The van der Waals surface area contributed by atoms with Crippen LogP contribution in [0.15, 0.2) is 208 Å². The number of ether oxygens (including phenoxy) is 8. The van der Waals surface area contributed by atoms with Crippen molar-refractivity contribution in [2.75, 3.05) is 146 Å².